The average molecular weight is 362 g/mol. The molecule has 130 valence electrons. The van der Waals surface area contributed by atoms with Gasteiger partial charge in [0.15, 0.2) is 0 Å². The Hall–Kier alpha value is -2.99. The number of benzene rings is 2. The Morgan fingerprint density at radius 1 is 1.08 bits per heavy atom. The number of hydrazone groups is 1. The minimum atomic E-state index is -0.141. The van der Waals surface area contributed by atoms with Gasteiger partial charge in [-0.05, 0) is 42.8 Å². The van der Waals surface area contributed by atoms with Gasteiger partial charge in [-0.1, -0.05) is 35.6 Å². The van der Waals surface area contributed by atoms with Crippen molar-refractivity contribution in [3.63, 3.8) is 0 Å². The van der Waals surface area contributed by atoms with E-state index >= 15 is 0 Å². The highest BCUT2D eigenvalue weighted by atomic mass is 32.1. The summed E-state index contributed by atoms with van der Waals surface area (Å²) in [5.41, 5.74) is 4.27. The van der Waals surface area contributed by atoms with Crippen LogP contribution in [0.4, 0.5) is 10.8 Å². The minimum absolute atomic E-state index is 0.141. The fraction of sp³-hybridized carbons (Fsp3) is 0.150. The van der Waals surface area contributed by atoms with Crippen molar-refractivity contribution >= 4 is 50.1 Å². The van der Waals surface area contributed by atoms with Crippen LogP contribution in [0.25, 0.3) is 16.3 Å². The third-order valence-electron chi connectivity index (χ3n) is 4.25. The van der Waals surface area contributed by atoms with E-state index in [-0.39, 0.29) is 5.91 Å². The number of fused-ring (bicyclic) bond motifs is 1. The molecular formula is C20H18N4OS. The van der Waals surface area contributed by atoms with Crippen molar-refractivity contribution in [3.8, 4) is 0 Å². The Bertz CT molecular complexity index is 1010. The molecule has 0 radical (unpaired) electrons. The van der Waals surface area contributed by atoms with Gasteiger partial charge in [0.1, 0.15) is 0 Å². The van der Waals surface area contributed by atoms with Gasteiger partial charge < -0.3 is 4.90 Å². The number of nitrogens with zero attached hydrogens (tertiary/aromatic N) is 4. The van der Waals surface area contributed by atoms with Gasteiger partial charge in [0.05, 0.1) is 21.5 Å². The van der Waals surface area contributed by atoms with Gasteiger partial charge >= 0.3 is 0 Å². The number of para-hydroxylation sites is 1. The van der Waals surface area contributed by atoms with Crippen LogP contribution in [-0.4, -0.2) is 30.7 Å². The van der Waals surface area contributed by atoms with Gasteiger partial charge in [-0.3, -0.25) is 4.79 Å². The first-order valence-electron chi connectivity index (χ1n) is 8.27. The molecule has 0 unspecified atom stereocenters. The number of carbonyl (C=O) groups excluding carboxylic acids is 1. The summed E-state index contributed by atoms with van der Waals surface area (Å²) >= 11 is 1.47. The van der Waals surface area contributed by atoms with Gasteiger partial charge in [0.2, 0.25) is 5.13 Å². The Morgan fingerprint density at radius 2 is 1.81 bits per heavy atom. The zero-order chi connectivity index (χ0) is 18.3. The summed E-state index contributed by atoms with van der Waals surface area (Å²) in [6.07, 6.45) is 1.88. The number of thiazole rings is 1. The Kier molecular flexibility index (Phi) is 4.05. The van der Waals surface area contributed by atoms with E-state index in [0.29, 0.717) is 16.4 Å². The van der Waals surface area contributed by atoms with Gasteiger partial charge in [-0.15, -0.1) is 0 Å². The summed E-state index contributed by atoms with van der Waals surface area (Å²) in [5.74, 6) is -0.141. The van der Waals surface area contributed by atoms with Crippen LogP contribution in [0.15, 0.2) is 59.2 Å². The molecular weight excluding hydrogens is 344 g/mol. The summed E-state index contributed by atoms with van der Waals surface area (Å²) in [7, 11) is 4.00. The first-order chi connectivity index (χ1) is 12.5. The maximum absolute atomic E-state index is 12.9. The van der Waals surface area contributed by atoms with Gasteiger partial charge in [0, 0.05) is 19.8 Å². The number of anilines is 2. The molecule has 26 heavy (non-hydrogen) atoms. The smallest absolute Gasteiger partial charge is 0.282 e. The molecule has 2 heterocycles. The largest absolute Gasteiger partial charge is 0.378 e. The van der Waals surface area contributed by atoms with Crippen LogP contribution in [0.5, 0.6) is 0 Å². The van der Waals surface area contributed by atoms with Crippen molar-refractivity contribution in [3.05, 3.63) is 59.7 Å². The van der Waals surface area contributed by atoms with E-state index in [1.54, 1.807) is 0 Å². The number of hydrogen-bond acceptors (Lipinski definition) is 5. The summed E-state index contributed by atoms with van der Waals surface area (Å²) in [6, 6.07) is 15.9. The molecule has 0 atom stereocenters. The Morgan fingerprint density at radius 3 is 2.50 bits per heavy atom. The van der Waals surface area contributed by atoms with Crippen LogP contribution in [-0.2, 0) is 4.79 Å². The van der Waals surface area contributed by atoms with E-state index in [1.807, 2.05) is 80.5 Å². The molecule has 0 bridgehead atoms. The number of amides is 1. The monoisotopic (exact) mass is 362 g/mol. The highest BCUT2D eigenvalue weighted by molar-refractivity contribution is 7.22. The van der Waals surface area contributed by atoms with Crippen LogP contribution in [0, 0.1) is 0 Å². The first kappa shape index (κ1) is 16.5. The van der Waals surface area contributed by atoms with Gasteiger partial charge in [0.25, 0.3) is 5.91 Å². The van der Waals surface area contributed by atoms with Crippen LogP contribution in [0.2, 0.25) is 0 Å². The number of aromatic nitrogens is 1. The fourth-order valence-corrected chi connectivity index (χ4v) is 3.72. The summed E-state index contributed by atoms with van der Waals surface area (Å²) in [6.45, 7) is 1.85. The van der Waals surface area contributed by atoms with E-state index in [1.165, 1.54) is 16.3 Å². The van der Waals surface area contributed by atoms with E-state index in [9.17, 15) is 4.79 Å². The molecule has 1 amide bonds. The molecule has 1 aliphatic rings. The quantitative estimate of drug-likeness (QED) is 0.657. The fourth-order valence-electron chi connectivity index (χ4n) is 2.80. The Balaban J connectivity index is 1.65. The van der Waals surface area contributed by atoms with E-state index in [4.69, 9.17) is 0 Å². The van der Waals surface area contributed by atoms with Crippen LogP contribution in [0.3, 0.4) is 0 Å². The lowest BCUT2D eigenvalue weighted by Gasteiger charge is -2.12. The standard InChI is InChI=1S/C20H18N4OS/c1-13-16(12-14-8-10-15(11-9-14)23(2)3)19(25)24(22-13)20-21-17-6-4-5-7-18(17)26-20/h4-12H,1-3H3/b16-12+. The lowest BCUT2D eigenvalue weighted by Crippen LogP contribution is -2.21. The molecule has 0 spiro atoms. The molecule has 1 aromatic heterocycles. The average Bonchev–Trinajstić information content (AvgIpc) is 3.18. The van der Waals surface area contributed by atoms with Crippen LogP contribution >= 0.6 is 11.3 Å². The maximum atomic E-state index is 12.9. The molecule has 1 aliphatic heterocycles. The van der Waals surface area contributed by atoms with Crippen molar-refractivity contribution in [2.45, 2.75) is 6.92 Å². The molecule has 2 aromatic carbocycles. The number of carbonyl (C=O) groups is 1. The van der Waals surface area contributed by atoms with E-state index < -0.39 is 0 Å². The zero-order valence-electron chi connectivity index (χ0n) is 14.8. The number of rotatable bonds is 3. The predicted molar refractivity (Wildman–Crippen MR) is 109 cm³/mol. The van der Waals surface area contributed by atoms with Crippen molar-refractivity contribution in [2.75, 3.05) is 24.0 Å². The van der Waals surface area contributed by atoms with Crippen molar-refractivity contribution in [1.82, 2.24) is 4.98 Å². The number of hydrogen-bond donors (Lipinski definition) is 0. The molecule has 0 fully saturated rings. The molecule has 0 aliphatic carbocycles. The second-order valence-corrected chi connectivity index (χ2v) is 7.32. The summed E-state index contributed by atoms with van der Waals surface area (Å²) in [5, 5.41) is 6.43. The molecule has 0 N–H and O–H groups in total. The van der Waals surface area contributed by atoms with E-state index in [0.717, 1.165) is 21.5 Å². The topological polar surface area (TPSA) is 48.8 Å². The van der Waals surface area contributed by atoms with Crippen molar-refractivity contribution in [1.29, 1.82) is 0 Å². The highest BCUT2D eigenvalue weighted by Crippen LogP contribution is 2.32. The minimum Gasteiger partial charge on any atom is -0.378 e. The van der Waals surface area contributed by atoms with Gasteiger partial charge in [-0.2, -0.15) is 10.1 Å². The first-order valence-corrected chi connectivity index (χ1v) is 9.09. The van der Waals surface area contributed by atoms with Gasteiger partial charge in [-0.25, -0.2) is 4.98 Å². The van der Waals surface area contributed by atoms with E-state index in [2.05, 4.69) is 10.1 Å². The third kappa shape index (κ3) is 2.88. The van der Waals surface area contributed by atoms with Crippen molar-refractivity contribution in [2.24, 2.45) is 5.10 Å². The second kappa shape index (κ2) is 6.38. The maximum Gasteiger partial charge on any atom is 0.282 e. The van der Waals surface area contributed by atoms with Crippen LogP contribution in [0.1, 0.15) is 12.5 Å². The normalized spacial score (nSPS) is 15.8. The molecule has 5 nitrogen and oxygen atoms in total. The molecule has 0 saturated carbocycles. The molecule has 6 heteroatoms. The lowest BCUT2D eigenvalue weighted by molar-refractivity contribution is -0.114. The molecule has 3 aromatic rings. The summed E-state index contributed by atoms with van der Waals surface area (Å²) in [4.78, 5) is 19.5. The zero-order valence-corrected chi connectivity index (χ0v) is 15.6. The lowest BCUT2D eigenvalue weighted by atomic mass is 10.1. The van der Waals surface area contributed by atoms with Crippen LogP contribution < -0.4 is 9.91 Å². The molecule has 0 saturated heterocycles. The third-order valence-corrected chi connectivity index (χ3v) is 5.26. The predicted octanol–water partition coefficient (Wildman–Crippen LogP) is 4.17. The summed E-state index contributed by atoms with van der Waals surface area (Å²) < 4.78 is 1.04. The Labute approximate surface area is 155 Å². The second-order valence-electron chi connectivity index (χ2n) is 6.31. The van der Waals surface area contributed by atoms with Crippen molar-refractivity contribution < 1.29 is 4.79 Å². The SMILES string of the molecule is CC1=NN(c2nc3ccccc3s2)C(=O)/C1=C/c1ccc(N(C)C)cc1. The molecule has 4 rings (SSSR count). The highest BCUT2D eigenvalue weighted by Gasteiger charge is 2.30.